The summed E-state index contributed by atoms with van der Waals surface area (Å²) < 4.78 is 4.74. The average Bonchev–Trinajstić information content (AvgIpc) is 2.54. The van der Waals surface area contributed by atoms with Crippen LogP contribution in [0.4, 0.5) is 5.82 Å². The number of carbonyl (C=O) groups excluding carboxylic acids is 1. The third kappa shape index (κ3) is 2.46. The molecule has 0 saturated carbocycles. The van der Waals surface area contributed by atoms with Crippen molar-refractivity contribution in [2.24, 2.45) is 0 Å². The average molecular weight is 270 g/mol. The molecule has 0 atom stereocenters. The third-order valence-corrected chi connectivity index (χ3v) is 3.78. The number of aromatic nitrogens is 1. The number of anilines is 1. The van der Waals surface area contributed by atoms with Gasteiger partial charge in [0, 0.05) is 18.5 Å². The molecule has 3 rings (SSSR count). The molecule has 1 aromatic carbocycles. The van der Waals surface area contributed by atoms with Crippen LogP contribution in [0.5, 0.6) is 0 Å². The van der Waals surface area contributed by atoms with E-state index in [1.165, 1.54) is 26.4 Å². The monoisotopic (exact) mass is 270 g/mol. The fraction of sp³-hybridized carbons (Fsp3) is 0.375. The van der Waals surface area contributed by atoms with Crippen LogP contribution in [0, 0.1) is 0 Å². The third-order valence-electron chi connectivity index (χ3n) is 3.78. The van der Waals surface area contributed by atoms with Crippen molar-refractivity contribution in [2.75, 3.05) is 25.1 Å². The SMILES string of the molecule is COC(=O)c1ccc2nc(N3CCCCC3)ccc2c1. The molecule has 104 valence electrons. The Kier molecular flexibility index (Phi) is 3.54. The van der Waals surface area contributed by atoms with Crippen molar-refractivity contribution in [1.82, 2.24) is 4.98 Å². The van der Waals surface area contributed by atoms with Crippen LogP contribution in [-0.2, 0) is 4.74 Å². The van der Waals surface area contributed by atoms with Crippen LogP contribution in [0.1, 0.15) is 29.6 Å². The summed E-state index contributed by atoms with van der Waals surface area (Å²) in [7, 11) is 1.39. The minimum absolute atomic E-state index is 0.313. The number of piperidine rings is 1. The summed E-state index contributed by atoms with van der Waals surface area (Å²) in [6.07, 6.45) is 3.79. The van der Waals surface area contributed by atoms with Gasteiger partial charge in [0.05, 0.1) is 18.2 Å². The molecular formula is C16H18N2O2. The maximum absolute atomic E-state index is 11.5. The Morgan fingerprint density at radius 3 is 2.70 bits per heavy atom. The molecule has 0 amide bonds. The smallest absolute Gasteiger partial charge is 0.337 e. The molecule has 1 saturated heterocycles. The number of ether oxygens (including phenoxy) is 1. The van der Waals surface area contributed by atoms with Gasteiger partial charge in [-0.2, -0.15) is 0 Å². The fourth-order valence-corrected chi connectivity index (χ4v) is 2.66. The molecule has 1 aliphatic heterocycles. The Labute approximate surface area is 118 Å². The van der Waals surface area contributed by atoms with Crippen LogP contribution in [-0.4, -0.2) is 31.2 Å². The van der Waals surface area contributed by atoms with E-state index >= 15 is 0 Å². The van der Waals surface area contributed by atoms with Crippen LogP contribution >= 0.6 is 0 Å². The molecule has 0 spiro atoms. The van der Waals surface area contributed by atoms with E-state index in [1.807, 2.05) is 24.3 Å². The summed E-state index contributed by atoms with van der Waals surface area (Å²) in [5, 5.41) is 0.966. The maximum Gasteiger partial charge on any atom is 0.337 e. The van der Waals surface area contributed by atoms with Crippen LogP contribution in [0.2, 0.25) is 0 Å². The zero-order chi connectivity index (χ0) is 13.9. The summed E-state index contributed by atoms with van der Waals surface area (Å²) in [6, 6.07) is 9.54. The summed E-state index contributed by atoms with van der Waals surface area (Å²) >= 11 is 0. The Hall–Kier alpha value is -2.10. The van der Waals surface area contributed by atoms with Crippen molar-refractivity contribution in [1.29, 1.82) is 0 Å². The predicted octanol–water partition coefficient (Wildman–Crippen LogP) is 3.01. The predicted molar refractivity (Wildman–Crippen MR) is 79.1 cm³/mol. The van der Waals surface area contributed by atoms with Gasteiger partial charge in [-0.15, -0.1) is 0 Å². The van der Waals surface area contributed by atoms with Crippen LogP contribution in [0.15, 0.2) is 30.3 Å². The molecule has 0 aliphatic carbocycles. The molecule has 1 fully saturated rings. The lowest BCUT2D eigenvalue weighted by Crippen LogP contribution is -2.30. The van der Waals surface area contributed by atoms with Crippen LogP contribution < -0.4 is 4.90 Å². The van der Waals surface area contributed by atoms with Gasteiger partial charge in [-0.05, 0) is 49.6 Å². The first kappa shape index (κ1) is 12.9. The molecular weight excluding hydrogens is 252 g/mol. The van der Waals surface area contributed by atoms with E-state index < -0.39 is 0 Å². The first-order chi connectivity index (χ1) is 9.78. The molecule has 0 unspecified atom stereocenters. The highest BCUT2D eigenvalue weighted by Crippen LogP contribution is 2.22. The van der Waals surface area contributed by atoms with E-state index in [2.05, 4.69) is 4.90 Å². The number of hydrogen-bond donors (Lipinski definition) is 0. The second-order valence-corrected chi connectivity index (χ2v) is 5.12. The summed E-state index contributed by atoms with van der Waals surface area (Å²) in [4.78, 5) is 18.6. The summed E-state index contributed by atoms with van der Waals surface area (Å²) in [6.45, 7) is 2.16. The highest BCUT2D eigenvalue weighted by Gasteiger charge is 2.13. The molecule has 1 aromatic heterocycles. The van der Waals surface area contributed by atoms with Gasteiger partial charge in [0.1, 0.15) is 5.82 Å². The van der Waals surface area contributed by atoms with Crippen LogP contribution in [0.3, 0.4) is 0 Å². The quantitative estimate of drug-likeness (QED) is 0.787. The zero-order valence-electron chi connectivity index (χ0n) is 11.6. The normalized spacial score (nSPS) is 15.3. The van der Waals surface area contributed by atoms with Gasteiger partial charge in [0.15, 0.2) is 0 Å². The maximum atomic E-state index is 11.5. The molecule has 0 N–H and O–H groups in total. The number of methoxy groups -OCH3 is 1. The molecule has 0 bridgehead atoms. The zero-order valence-corrected chi connectivity index (χ0v) is 11.6. The summed E-state index contributed by atoms with van der Waals surface area (Å²) in [5.74, 6) is 0.718. The Bertz CT molecular complexity index is 633. The molecule has 4 heteroatoms. The Morgan fingerprint density at radius 1 is 1.15 bits per heavy atom. The molecule has 2 aromatic rings. The van der Waals surface area contributed by atoms with E-state index in [4.69, 9.17) is 9.72 Å². The van der Waals surface area contributed by atoms with E-state index in [9.17, 15) is 4.79 Å². The van der Waals surface area contributed by atoms with Crippen LogP contribution in [0.25, 0.3) is 10.9 Å². The number of fused-ring (bicyclic) bond motifs is 1. The van der Waals surface area contributed by atoms with Gasteiger partial charge in [-0.25, -0.2) is 9.78 Å². The molecule has 2 heterocycles. The molecule has 20 heavy (non-hydrogen) atoms. The van der Waals surface area contributed by atoms with Crippen molar-refractivity contribution in [2.45, 2.75) is 19.3 Å². The number of esters is 1. The first-order valence-electron chi connectivity index (χ1n) is 7.02. The molecule has 4 nitrogen and oxygen atoms in total. The second-order valence-electron chi connectivity index (χ2n) is 5.12. The highest BCUT2D eigenvalue weighted by atomic mass is 16.5. The lowest BCUT2D eigenvalue weighted by molar-refractivity contribution is 0.0601. The lowest BCUT2D eigenvalue weighted by atomic mass is 10.1. The second kappa shape index (κ2) is 5.49. The number of nitrogens with zero attached hydrogens (tertiary/aromatic N) is 2. The lowest BCUT2D eigenvalue weighted by Gasteiger charge is -2.27. The topological polar surface area (TPSA) is 42.4 Å². The van der Waals surface area contributed by atoms with E-state index in [0.717, 1.165) is 29.8 Å². The van der Waals surface area contributed by atoms with Crippen molar-refractivity contribution >= 4 is 22.7 Å². The molecule has 0 radical (unpaired) electrons. The molecule has 1 aliphatic rings. The largest absolute Gasteiger partial charge is 0.465 e. The van der Waals surface area contributed by atoms with Gasteiger partial charge in [0.2, 0.25) is 0 Å². The van der Waals surface area contributed by atoms with E-state index in [1.54, 1.807) is 6.07 Å². The Balaban J connectivity index is 1.93. The van der Waals surface area contributed by atoms with Crippen molar-refractivity contribution < 1.29 is 9.53 Å². The van der Waals surface area contributed by atoms with Crippen molar-refractivity contribution in [3.8, 4) is 0 Å². The van der Waals surface area contributed by atoms with E-state index in [-0.39, 0.29) is 5.97 Å². The standard InChI is InChI=1S/C16H18N2O2/c1-20-16(19)13-5-7-14-12(11-13)6-8-15(17-14)18-9-3-2-4-10-18/h5-8,11H,2-4,9-10H2,1H3. The minimum atomic E-state index is -0.313. The van der Waals surface area contributed by atoms with Gasteiger partial charge < -0.3 is 9.64 Å². The van der Waals surface area contributed by atoms with Crippen molar-refractivity contribution in [3.63, 3.8) is 0 Å². The van der Waals surface area contributed by atoms with Gasteiger partial charge in [0.25, 0.3) is 0 Å². The van der Waals surface area contributed by atoms with Gasteiger partial charge >= 0.3 is 5.97 Å². The highest BCUT2D eigenvalue weighted by molar-refractivity contribution is 5.94. The van der Waals surface area contributed by atoms with Gasteiger partial charge in [-0.3, -0.25) is 0 Å². The minimum Gasteiger partial charge on any atom is -0.465 e. The Morgan fingerprint density at radius 2 is 1.95 bits per heavy atom. The number of hydrogen-bond acceptors (Lipinski definition) is 4. The first-order valence-corrected chi connectivity index (χ1v) is 7.02. The summed E-state index contributed by atoms with van der Waals surface area (Å²) in [5.41, 5.74) is 1.48. The number of rotatable bonds is 2. The number of benzene rings is 1. The van der Waals surface area contributed by atoms with E-state index in [0.29, 0.717) is 5.56 Å². The fourth-order valence-electron chi connectivity index (χ4n) is 2.66. The number of pyridine rings is 1. The number of carbonyl (C=O) groups is 1. The van der Waals surface area contributed by atoms with Crippen molar-refractivity contribution in [3.05, 3.63) is 35.9 Å². The van der Waals surface area contributed by atoms with Gasteiger partial charge in [-0.1, -0.05) is 0 Å².